The number of nitrogens with two attached hydrogens (primary N) is 1. The number of likely N-dealkylation sites (N-methyl/N-ethyl adjacent to an activating group) is 1. The van der Waals surface area contributed by atoms with Gasteiger partial charge in [-0.3, -0.25) is 0 Å². The highest BCUT2D eigenvalue weighted by molar-refractivity contribution is 5.44. The molecule has 0 amide bonds. The highest BCUT2D eigenvalue weighted by atomic mass is 16.3. The molecule has 4 heteroatoms. The molecule has 0 saturated carbocycles. The Labute approximate surface area is 84.4 Å². The van der Waals surface area contributed by atoms with Crippen LogP contribution < -0.4 is 10.6 Å². The largest absolute Gasteiger partial charge is 0.389 e. The average Bonchev–Trinajstić information content (AvgIpc) is 2.01. The number of hydrogen-bond donors (Lipinski definition) is 2. The maximum atomic E-state index is 9.62. The summed E-state index contributed by atoms with van der Waals surface area (Å²) in [4.78, 5) is 6.02. The summed E-state index contributed by atoms with van der Waals surface area (Å²) in [6.45, 7) is 4.04. The van der Waals surface area contributed by atoms with Crippen LogP contribution in [0.1, 0.15) is 13.8 Å². The van der Waals surface area contributed by atoms with Crippen molar-refractivity contribution in [3.05, 3.63) is 18.2 Å². The third-order valence-electron chi connectivity index (χ3n) is 1.77. The fourth-order valence-electron chi connectivity index (χ4n) is 1.31. The molecule has 1 rings (SSSR count). The van der Waals surface area contributed by atoms with E-state index in [-0.39, 0.29) is 0 Å². The molecule has 0 aliphatic heterocycles. The smallest absolute Gasteiger partial charge is 0.130 e. The summed E-state index contributed by atoms with van der Waals surface area (Å²) in [5.74, 6) is 1.26. The normalized spacial score (nSPS) is 11.4. The van der Waals surface area contributed by atoms with Crippen molar-refractivity contribution in [2.45, 2.75) is 19.4 Å². The van der Waals surface area contributed by atoms with Crippen LogP contribution in [0.25, 0.3) is 0 Å². The van der Waals surface area contributed by atoms with E-state index in [0.717, 1.165) is 5.82 Å². The minimum absolute atomic E-state index is 0.491. The van der Waals surface area contributed by atoms with Gasteiger partial charge in [0.1, 0.15) is 11.6 Å². The summed E-state index contributed by atoms with van der Waals surface area (Å²) in [6, 6.07) is 5.45. The molecule has 3 N–H and O–H groups in total. The number of hydrogen-bond acceptors (Lipinski definition) is 4. The van der Waals surface area contributed by atoms with E-state index in [0.29, 0.717) is 12.4 Å². The molecule has 14 heavy (non-hydrogen) atoms. The lowest BCUT2D eigenvalue weighted by molar-refractivity contribution is 0.0884. The summed E-state index contributed by atoms with van der Waals surface area (Å²) < 4.78 is 0. The van der Waals surface area contributed by atoms with Crippen LogP contribution in [0.2, 0.25) is 0 Å². The predicted octanol–water partition coefficient (Wildman–Crippen LogP) is 0.871. The first-order chi connectivity index (χ1) is 6.38. The third-order valence-corrected chi connectivity index (χ3v) is 1.77. The van der Waals surface area contributed by atoms with Crippen molar-refractivity contribution < 1.29 is 5.11 Å². The van der Waals surface area contributed by atoms with Crippen LogP contribution in [0.3, 0.4) is 0 Å². The SMILES string of the molecule is CN(CC(C)(C)O)c1cccc(N)n1. The van der Waals surface area contributed by atoms with Gasteiger partial charge in [0.05, 0.1) is 5.60 Å². The topological polar surface area (TPSA) is 62.4 Å². The van der Waals surface area contributed by atoms with Crippen LogP contribution in [0, 0.1) is 0 Å². The second kappa shape index (κ2) is 3.84. The zero-order valence-corrected chi connectivity index (χ0v) is 8.86. The summed E-state index contributed by atoms with van der Waals surface area (Å²) in [7, 11) is 1.87. The molecular formula is C10H17N3O. The Bertz CT molecular complexity index is 306. The maximum Gasteiger partial charge on any atom is 0.130 e. The summed E-state index contributed by atoms with van der Waals surface area (Å²) in [5, 5.41) is 9.62. The van der Waals surface area contributed by atoms with Crippen molar-refractivity contribution in [2.24, 2.45) is 0 Å². The van der Waals surface area contributed by atoms with E-state index in [2.05, 4.69) is 4.98 Å². The van der Waals surface area contributed by atoms with E-state index in [1.165, 1.54) is 0 Å². The van der Waals surface area contributed by atoms with E-state index >= 15 is 0 Å². The van der Waals surface area contributed by atoms with Crippen LogP contribution in [0.4, 0.5) is 11.6 Å². The lowest BCUT2D eigenvalue weighted by Crippen LogP contribution is -2.36. The highest BCUT2D eigenvalue weighted by Crippen LogP contribution is 2.13. The number of aromatic nitrogens is 1. The molecular weight excluding hydrogens is 178 g/mol. The number of anilines is 2. The fourth-order valence-corrected chi connectivity index (χ4v) is 1.31. The van der Waals surface area contributed by atoms with Crippen LogP contribution >= 0.6 is 0 Å². The van der Waals surface area contributed by atoms with Gasteiger partial charge >= 0.3 is 0 Å². The first kappa shape index (κ1) is 10.8. The average molecular weight is 195 g/mol. The third kappa shape index (κ3) is 3.22. The van der Waals surface area contributed by atoms with E-state index in [1.54, 1.807) is 19.9 Å². The maximum absolute atomic E-state index is 9.62. The number of nitrogen functional groups attached to an aromatic ring is 1. The van der Waals surface area contributed by atoms with Gasteiger partial charge in [-0.25, -0.2) is 4.98 Å². The van der Waals surface area contributed by atoms with Gasteiger partial charge in [-0.1, -0.05) is 6.07 Å². The van der Waals surface area contributed by atoms with Gasteiger partial charge in [0, 0.05) is 13.6 Å². The number of aliphatic hydroxyl groups is 1. The molecule has 1 aromatic rings. The van der Waals surface area contributed by atoms with E-state index < -0.39 is 5.60 Å². The molecule has 0 saturated heterocycles. The van der Waals surface area contributed by atoms with Crippen molar-refractivity contribution in [3.63, 3.8) is 0 Å². The van der Waals surface area contributed by atoms with Gasteiger partial charge in [0.15, 0.2) is 0 Å². The molecule has 0 bridgehead atoms. The quantitative estimate of drug-likeness (QED) is 0.751. The van der Waals surface area contributed by atoms with Crippen LogP contribution in [0.15, 0.2) is 18.2 Å². The second-order valence-electron chi connectivity index (χ2n) is 4.09. The van der Waals surface area contributed by atoms with Crippen molar-refractivity contribution in [3.8, 4) is 0 Å². The Hall–Kier alpha value is -1.29. The molecule has 0 fully saturated rings. The molecule has 0 atom stereocenters. The van der Waals surface area contributed by atoms with E-state index in [1.807, 2.05) is 24.1 Å². The Morgan fingerprint density at radius 3 is 2.64 bits per heavy atom. The fraction of sp³-hybridized carbons (Fsp3) is 0.500. The van der Waals surface area contributed by atoms with Gasteiger partial charge in [0.2, 0.25) is 0 Å². The molecule has 4 nitrogen and oxygen atoms in total. The first-order valence-electron chi connectivity index (χ1n) is 4.54. The summed E-state index contributed by atoms with van der Waals surface area (Å²) >= 11 is 0. The Balaban J connectivity index is 2.74. The van der Waals surface area contributed by atoms with Crippen LogP contribution in [-0.2, 0) is 0 Å². The van der Waals surface area contributed by atoms with Gasteiger partial charge in [-0.05, 0) is 26.0 Å². The predicted molar refractivity (Wildman–Crippen MR) is 58.2 cm³/mol. The molecule has 0 spiro atoms. The van der Waals surface area contributed by atoms with Crippen molar-refractivity contribution >= 4 is 11.6 Å². The molecule has 0 aromatic carbocycles. The second-order valence-corrected chi connectivity index (χ2v) is 4.09. The van der Waals surface area contributed by atoms with Crippen LogP contribution in [0.5, 0.6) is 0 Å². The number of pyridine rings is 1. The zero-order valence-electron chi connectivity index (χ0n) is 8.86. The molecule has 0 aliphatic rings. The minimum Gasteiger partial charge on any atom is -0.389 e. The Morgan fingerprint density at radius 1 is 1.50 bits per heavy atom. The van der Waals surface area contributed by atoms with Crippen LogP contribution in [-0.4, -0.2) is 29.3 Å². The lowest BCUT2D eigenvalue weighted by Gasteiger charge is -2.26. The van der Waals surface area contributed by atoms with Crippen molar-refractivity contribution in [1.29, 1.82) is 0 Å². The van der Waals surface area contributed by atoms with Crippen molar-refractivity contribution in [2.75, 3.05) is 24.2 Å². The van der Waals surface area contributed by atoms with Gasteiger partial charge in [0.25, 0.3) is 0 Å². The number of rotatable bonds is 3. The van der Waals surface area contributed by atoms with E-state index in [4.69, 9.17) is 5.73 Å². The lowest BCUT2D eigenvalue weighted by atomic mass is 10.1. The molecule has 1 aromatic heterocycles. The van der Waals surface area contributed by atoms with Gasteiger partial charge in [-0.2, -0.15) is 0 Å². The van der Waals surface area contributed by atoms with E-state index in [9.17, 15) is 5.11 Å². The molecule has 0 unspecified atom stereocenters. The summed E-state index contributed by atoms with van der Waals surface area (Å²) in [6.07, 6.45) is 0. The minimum atomic E-state index is -0.735. The highest BCUT2D eigenvalue weighted by Gasteiger charge is 2.16. The molecule has 78 valence electrons. The molecule has 1 heterocycles. The van der Waals surface area contributed by atoms with Gasteiger partial charge in [-0.15, -0.1) is 0 Å². The standard InChI is InChI=1S/C10H17N3O/c1-10(2,14)7-13(3)9-6-4-5-8(11)12-9/h4-6,14H,7H2,1-3H3,(H2,11,12). The zero-order chi connectivity index (χ0) is 10.8. The Morgan fingerprint density at radius 2 is 2.14 bits per heavy atom. The molecule has 0 aliphatic carbocycles. The monoisotopic (exact) mass is 195 g/mol. The first-order valence-corrected chi connectivity index (χ1v) is 4.54. The summed E-state index contributed by atoms with van der Waals surface area (Å²) in [5.41, 5.74) is 4.82. The van der Waals surface area contributed by atoms with Crippen molar-refractivity contribution in [1.82, 2.24) is 4.98 Å². The number of nitrogens with zero attached hydrogens (tertiary/aromatic N) is 2. The Kier molecular flexibility index (Phi) is 2.96. The molecule has 0 radical (unpaired) electrons. The van der Waals surface area contributed by atoms with Gasteiger partial charge < -0.3 is 15.7 Å².